The van der Waals surface area contributed by atoms with Gasteiger partial charge in [-0.3, -0.25) is 0 Å². The number of unbranched alkanes of at least 4 members (excludes halogenated alkanes) is 5. The third kappa shape index (κ3) is 4.91. The van der Waals surface area contributed by atoms with Gasteiger partial charge in [-0.2, -0.15) is 0 Å². The van der Waals surface area contributed by atoms with Crippen LogP contribution in [0.5, 0.6) is 0 Å². The second-order valence-electron chi connectivity index (χ2n) is 6.30. The molecule has 0 saturated heterocycles. The molecule has 0 aromatic carbocycles. The number of nitrogens with zero attached hydrogens (tertiary/aromatic N) is 2. The van der Waals surface area contributed by atoms with Gasteiger partial charge in [-0.15, -0.1) is 0 Å². The largest absolute Gasteiger partial charge is 0.325 e. The van der Waals surface area contributed by atoms with Crippen LogP contribution in [-0.2, 0) is 12.5 Å². The van der Waals surface area contributed by atoms with E-state index >= 15 is 0 Å². The number of hydrogen-bond donors (Lipinski definition) is 0. The summed E-state index contributed by atoms with van der Waals surface area (Å²) in [5.74, 6) is 0. The molecule has 0 radical (unpaired) electrons. The van der Waals surface area contributed by atoms with Crippen molar-refractivity contribution in [1.29, 1.82) is 0 Å². The topological polar surface area (TPSA) is 17.8 Å². The molecule has 0 amide bonds. The summed E-state index contributed by atoms with van der Waals surface area (Å²) in [6.45, 7) is 6.98. The van der Waals surface area contributed by atoms with E-state index in [0.29, 0.717) is 0 Å². The molecule has 20 heavy (non-hydrogen) atoms. The van der Waals surface area contributed by atoms with Crippen LogP contribution in [0.15, 0.2) is 10.9 Å². The van der Waals surface area contributed by atoms with E-state index in [-0.39, 0.29) is 5.41 Å². The molecule has 0 saturated carbocycles. The molecule has 1 unspecified atom stereocenters. The quantitative estimate of drug-likeness (QED) is 0.477. The van der Waals surface area contributed by atoms with Gasteiger partial charge in [-0.25, -0.2) is 4.98 Å². The van der Waals surface area contributed by atoms with Crippen LogP contribution in [0, 0.1) is 0 Å². The number of imidazole rings is 1. The van der Waals surface area contributed by atoms with E-state index in [1.807, 2.05) is 0 Å². The summed E-state index contributed by atoms with van der Waals surface area (Å²) in [6, 6.07) is 0. The van der Waals surface area contributed by atoms with E-state index in [1.165, 1.54) is 63.5 Å². The first-order chi connectivity index (χ1) is 9.55. The Morgan fingerprint density at radius 1 is 1.05 bits per heavy atom. The Kier molecular flexibility index (Phi) is 7.86. The Labute approximate surface area is 133 Å². The van der Waals surface area contributed by atoms with Gasteiger partial charge in [0.05, 0.1) is 0 Å². The van der Waals surface area contributed by atoms with Crippen LogP contribution in [-0.4, -0.2) is 9.55 Å². The van der Waals surface area contributed by atoms with Crippen LogP contribution in [0.4, 0.5) is 0 Å². The monoisotopic (exact) mass is 342 g/mol. The number of rotatable bonds is 10. The Bertz CT molecular complexity index is 386. The lowest BCUT2D eigenvalue weighted by Crippen LogP contribution is -2.25. The normalized spacial score (nSPS) is 14.4. The zero-order chi connectivity index (χ0) is 15.0. The van der Waals surface area contributed by atoms with Crippen LogP contribution < -0.4 is 0 Å². The van der Waals surface area contributed by atoms with Gasteiger partial charge in [-0.05, 0) is 28.8 Å². The smallest absolute Gasteiger partial charge is 0.177 e. The van der Waals surface area contributed by atoms with Crippen LogP contribution in [0.1, 0.15) is 84.3 Å². The maximum Gasteiger partial charge on any atom is 0.177 e. The average molecular weight is 343 g/mol. The minimum Gasteiger partial charge on any atom is -0.325 e. The van der Waals surface area contributed by atoms with E-state index in [4.69, 9.17) is 0 Å². The maximum atomic E-state index is 4.43. The summed E-state index contributed by atoms with van der Waals surface area (Å²) in [4.78, 5) is 4.43. The first-order valence-corrected chi connectivity index (χ1v) is 9.02. The molecule has 116 valence electrons. The number of hydrogen-bond acceptors (Lipinski definition) is 1. The number of halogens is 1. The summed E-state index contributed by atoms with van der Waals surface area (Å²) in [7, 11) is 2.12. The molecule has 3 heteroatoms. The molecular weight excluding hydrogens is 312 g/mol. The highest BCUT2D eigenvalue weighted by atomic mass is 79.9. The van der Waals surface area contributed by atoms with Crippen LogP contribution in [0.25, 0.3) is 0 Å². The second kappa shape index (κ2) is 8.86. The molecule has 1 rings (SSSR count). The lowest BCUT2D eigenvalue weighted by molar-refractivity contribution is 0.348. The summed E-state index contributed by atoms with van der Waals surface area (Å²) < 4.78 is 3.16. The van der Waals surface area contributed by atoms with E-state index in [9.17, 15) is 0 Å². The van der Waals surface area contributed by atoms with Crippen molar-refractivity contribution in [1.82, 2.24) is 9.55 Å². The van der Waals surface area contributed by atoms with Crippen LogP contribution >= 0.6 is 15.9 Å². The van der Waals surface area contributed by atoms with Gasteiger partial charge in [0.2, 0.25) is 0 Å². The molecule has 0 N–H and O–H groups in total. The SMILES string of the molecule is CCCCCCC(C)(CCCCC)c1cnc(Br)n1C. The van der Waals surface area contributed by atoms with Crippen molar-refractivity contribution in [3.8, 4) is 0 Å². The molecule has 0 spiro atoms. The molecule has 0 aliphatic heterocycles. The van der Waals surface area contributed by atoms with Crippen molar-refractivity contribution in [2.45, 2.75) is 84.0 Å². The molecule has 0 aliphatic rings. The van der Waals surface area contributed by atoms with E-state index in [2.05, 4.69) is 59.5 Å². The summed E-state index contributed by atoms with van der Waals surface area (Å²) >= 11 is 3.54. The second-order valence-corrected chi connectivity index (χ2v) is 7.01. The van der Waals surface area contributed by atoms with E-state index in [1.54, 1.807) is 0 Å². The Morgan fingerprint density at radius 3 is 2.10 bits per heavy atom. The van der Waals surface area contributed by atoms with Gasteiger partial charge >= 0.3 is 0 Å². The molecule has 0 bridgehead atoms. The molecule has 1 aromatic rings. The summed E-state index contributed by atoms with van der Waals surface area (Å²) in [5.41, 5.74) is 1.66. The molecule has 1 heterocycles. The maximum absolute atomic E-state index is 4.43. The van der Waals surface area contributed by atoms with Crippen molar-refractivity contribution in [2.75, 3.05) is 0 Å². The predicted octanol–water partition coefficient (Wildman–Crippen LogP) is 5.99. The molecular formula is C17H31BrN2. The van der Waals surface area contributed by atoms with Crippen molar-refractivity contribution in [2.24, 2.45) is 7.05 Å². The van der Waals surface area contributed by atoms with E-state index < -0.39 is 0 Å². The van der Waals surface area contributed by atoms with Crippen LogP contribution in [0.3, 0.4) is 0 Å². The Morgan fingerprint density at radius 2 is 1.60 bits per heavy atom. The van der Waals surface area contributed by atoms with Crippen molar-refractivity contribution in [3.05, 3.63) is 16.6 Å². The zero-order valence-corrected chi connectivity index (χ0v) is 15.3. The fourth-order valence-electron chi connectivity index (χ4n) is 3.04. The number of aromatic nitrogens is 2. The molecule has 0 aliphatic carbocycles. The van der Waals surface area contributed by atoms with Crippen molar-refractivity contribution < 1.29 is 0 Å². The molecule has 1 atom stereocenters. The van der Waals surface area contributed by atoms with Crippen LogP contribution in [0.2, 0.25) is 0 Å². The first kappa shape index (κ1) is 17.7. The first-order valence-electron chi connectivity index (χ1n) is 8.23. The minimum absolute atomic E-state index is 0.274. The Balaban J connectivity index is 2.74. The predicted molar refractivity (Wildman–Crippen MR) is 91.2 cm³/mol. The fourth-order valence-corrected chi connectivity index (χ4v) is 3.33. The molecule has 0 fully saturated rings. The van der Waals surface area contributed by atoms with Gasteiger partial charge < -0.3 is 4.57 Å². The van der Waals surface area contributed by atoms with Gasteiger partial charge in [0, 0.05) is 24.4 Å². The van der Waals surface area contributed by atoms with Gasteiger partial charge in [0.25, 0.3) is 0 Å². The van der Waals surface area contributed by atoms with E-state index in [0.717, 1.165) is 4.73 Å². The summed E-state index contributed by atoms with van der Waals surface area (Å²) in [5, 5.41) is 0. The van der Waals surface area contributed by atoms with Gasteiger partial charge in [0.15, 0.2) is 4.73 Å². The third-order valence-electron chi connectivity index (χ3n) is 4.46. The van der Waals surface area contributed by atoms with Gasteiger partial charge in [0.1, 0.15) is 0 Å². The zero-order valence-electron chi connectivity index (χ0n) is 13.7. The lowest BCUT2D eigenvalue weighted by atomic mass is 9.77. The lowest BCUT2D eigenvalue weighted by Gasteiger charge is -2.30. The minimum atomic E-state index is 0.274. The standard InChI is InChI=1S/C17H31BrN2/c1-5-7-9-11-13-17(3,12-10-8-6-2)15-14-19-16(18)20(15)4/h14H,5-13H2,1-4H3. The van der Waals surface area contributed by atoms with Crippen molar-refractivity contribution in [3.63, 3.8) is 0 Å². The molecule has 1 aromatic heterocycles. The van der Waals surface area contributed by atoms with Crippen molar-refractivity contribution >= 4 is 15.9 Å². The highest BCUT2D eigenvalue weighted by molar-refractivity contribution is 9.10. The highest BCUT2D eigenvalue weighted by Gasteiger charge is 2.29. The third-order valence-corrected chi connectivity index (χ3v) is 5.20. The average Bonchev–Trinajstić information content (AvgIpc) is 2.76. The fraction of sp³-hybridized carbons (Fsp3) is 0.824. The Hall–Kier alpha value is -0.310. The van der Waals surface area contributed by atoms with Gasteiger partial charge in [-0.1, -0.05) is 65.7 Å². The highest BCUT2D eigenvalue weighted by Crippen LogP contribution is 2.36. The summed E-state index contributed by atoms with van der Waals surface area (Å²) in [6.07, 6.45) is 13.9. The molecule has 2 nitrogen and oxygen atoms in total.